The largest absolute Gasteiger partial charge is 0.493 e. The lowest BCUT2D eigenvalue weighted by atomic mass is 10.2. The van der Waals surface area contributed by atoms with Gasteiger partial charge in [-0.2, -0.15) is 4.98 Å². The smallest absolute Gasteiger partial charge is 0.224 e. The summed E-state index contributed by atoms with van der Waals surface area (Å²) in [5.41, 5.74) is 2.86. The van der Waals surface area contributed by atoms with Crippen molar-refractivity contribution in [1.82, 2.24) is 9.97 Å². The second kappa shape index (κ2) is 7.48. The van der Waals surface area contributed by atoms with Gasteiger partial charge in [0.1, 0.15) is 5.82 Å². The number of hydrogen-bond acceptors (Lipinski definition) is 6. The Morgan fingerprint density at radius 2 is 1.63 bits per heavy atom. The molecule has 0 bridgehead atoms. The van der Waals surface area contributed by atoms with Gasteiger partial charge in [-0.25, -0.2) is 4.98 Å². The van der Waals surface area contributed by atoms with Crippen molar-refractivity contribution in [3.8, 4) is 11.5 Å². The van der Waals surface area contributed by atoms with Crippen LogP contribution in [0.3, 0.4) is 0 Å². The summed E-state index contributed by atoms with van der Waals surface area (Å²) >= 11 is 6.13. The van der Waals surface area contributed by atoms with Crippen LogP contribution in [0, 0.1) is 0 Å². The Labute approximate surface area is 163 Å². The topological polar surface area (TPSA) is 59.5 Å². The minimum Gasteiger partial charge on any atom is -0.493 e. The summed E-state index contributed by atoms with van der Waals surface area (Å²) in [6.45, 7) is 2.25. The molecular formula is C20H21ClN4O2. The van der Waals surface area contributed by atoms with Gasteiger partial charge in [0, 0.05) is 35.9 Å². The van der Waals surface area contributed by atoms with Crippen LogP contribution in [0.5, 0.6) is 11.5 Å². The highest BCUT2D eigenvalue weighted by Gasteiger charge is 2.14. The molecule has 1 aromatic heterocycles. The van der Waals surface area contributed by atoms with Crippen molar-refractivity contribution >= 4 is 39.7 Å². The third-order valence-electron chi connectivity index (χ3n) is 4.78. The molecule has 6 nitrogen and oxygen atoms in total. The van der Waals surface area contributed by atoms with Crippen molar-refractivity contribution in [3.05, 3.63) is 41.7 Å². The van der Waals surface area contributed by atoms with Gasteiger partial charge in [0.2, 0.25) is 5.28 Å². The number of rotatable bonds is 5. The lowest BCUT2D eigenvalue weighted by Crippen LogP contribution is -2.17. The summed E-state index contributed by atoms with van der Waals surface area (Å²) < 4.78 is 10.8. The van der Waals surface area contributed by atoms with E-state index in [9.17, 15) is 0 Å². The van der Waals surface area contributed by atoms with Crippen molar-refractivity contribution in [3.63, 3.8) is 0 Å². The molecule has 0 radical (unpaired) electrons. The first-order valence-electron chi connectivity index (χ1n) is 8.89. The van der Waals surface area contributed by atoms with Crippen LogP contribution in [0.4, 0.5) is 17.2 Å². The van der Waals surface area contributed by atoms with Crippen molar-refractivity contribution < 1.29 is 9.47 Å². The van der Waals surface area contributed by atoms with Crippen LogP contribution in [0.25, 0.3) is 10.9 Å². The number of halogens is 1. The van der Waals surface area contributed by atoms with Crippen molar-refractivity contribution in [2.75, 3.05) is 37.5 Å². The molecule has 1 aliphatic heterocycles. The summed E-state index contributed by atoms with van der Waals surface area (Å²) in [6.07, 6.45) is 2.52. The second-order valence-corrected chi connectivity index (χ2v) is 6.77. The van der Waals surface area contributed by atoms with Crippen molar-refractivity contribution in [2.45, 2.75) is 12.8 Å². The molecule has 3 aromatic rings. The highest BCUT2D eigenvalue weighted by Crippen LogP contribution is 2.35. The average Bonchev–Trinajstić information content (AvgIpc) is 3.22. The van der Waals surface area contributed by atoms with E-state index in [4.69, 9.17) is 21.1 Å². The molecule has 0 amide bonds. The maximum Gasteiger partial charge on any atom is 0.224 e. The Morgan fingerprint density at radius 3 is 2.30 bits per heavy atom. The molecule has 0 aliphatic carbocycles. The number of anilines is 3. The summed E-state index contributed by atoms with van der Waals surface area (Å²) in [5.74, 6) is 1.84. The predicted octanol–water partition coefficient (Wildman–Crippen LogP) is 4.64. The van der Waals surface area contributed by atoms with E-state index in [1.165, 1.54) is 18.5 Å². The first-order chi connectivity index (χ1) is 13.2. The SMILES string of the molecule is COc1cc2nc(Cl)nc(Nc3ccc(N4CCCC4)cc3)c2cc1OC. The van der Waals surface area contributed by atoms with Crippen LogP contribution in [-0.4, -0.2) is 37.3 Å². The van der Waals surface area contributed by atoms with Gasteiger partial charge < -0.3 is 19.7 Å². The minimum atomic E-state index is 0.172. The number of hydrogen-bond donors (Lipinski definition) is 1. The van der Waals surface area contributed by atoms with Gasteiger partial charge in [0.25, 0.3) is 0 Å². The zero-order chi connectivity index (χ0) is 18.8. The number of fused-ring (bicyclic) bond motifs is 1. The lowest BCUT2D eigenvalue weighted by Gasteiger charge is -2.18. The second-order valence-electron chi connectivity index (χ2n) is 6.43. The lowest BCUT2D eigenvalue weighted by molar-refractivity contribution is 0.356. The first kappa shape index (κ1) is 17.7. The van der Waals surface area contributed by atoms with Crippen LogP contribution in [0.15, 0.2) is 36.4 Å². The van der Waals surface area contributed by atoms with Crippen LogP contribution < -0.4 is 19.7 Å². The molecule has 0 spiro atoms. The number of benzene rings is 2. The van der Waals surface area contributed by atoms with Crippen LogP contribution in [0.2, 0.25) is 5.28 Å². The van der Waals surface area contributed by atoms with Crippen LogP contribution in [-0.2, 0) is 0 Å². The van der Waals surface area contributed by atoms with Gasteiger partial charge in [0.15, 0.2) is 11.5 Å². The molecule has 7 heteroatoms. The van der Waals surface area contributed by atoms with E-state index in [1.807, 2.05) is 6.07 Å². The molecule has 2 aromatic carbocycles. The van der Waals surface area contributed by atoms with Gasteiger partial charge >= 0.3 is 0 Å². The van der Waals surface area contributed by atoms with Gasteiger partial charge in [-0.3, -0.25) is 0 Å². The number of methoxy groups -OCH3 is 2. The number of nitrogens with one attached hydrogen (secondary N) is 1. The molecular weight excluding hydrogens is 364 g/mol. The van der Waals surface area contributed by atoms with E-state index in [1.54, 1.807) is 20.3 Å². The fraction of sp³-hybridized carbons (Fsp3) is 0.300. The van der Waals surface area contributed by atoms with Gasteiger partial charge in [-0.15, -0.1) is 0 Å². The molecule has 1 N–H and O–H groups in total. The van der Waals surface area contributed by atoms with Gasteiger partial charge in [-0.05, 0) is 54.8 Å². The number of ether oxygens (including phenoxy) is 2. The Bertz CT molecular complexity index is 956. The zero-order valence-corrected chi connectivity index (χ0v) is 16.1. The molecule has 1 saturated heterocycles. The van der Waals surface area contributed by atoms with E-state index >= 15 is 0 Å². The van der Waals surface area contributed by atoms with Gasteiger partial charge in [-0.1, -0.05) is 0 Å². The van der Waals surface area contributed by atoms with Crippen molar-refractivity contribution in [2.24, 2.45) is 0 Å². The molecule has 140 valence electrons. The Morgan fingerprint density at radius 1 is 0.963 bits per heavy atom. The molecule has 1 aliphatic rings. The summed E-state index contributed by atoms with van der Waals surface area (Å²) in [4.78, 5) is 11.1. The predicted molar refractivity (Wildman–Crippen MR) is 109 cm³/mol. The van der Waals surface area contributed by atoms with E-state index < -0.39 is 0 Å². The highest BCUT2D eigenvalue weighted by molar-refractivity contribution is 6.28. The van der Waals surface area contributed by atoms with Crippen LogP contribution >= 0.6 is 11.6 Å². The summed E-state index contributed by atoms with van der Waals surface area (Å²) in [5, 5.41) is 4.32. The average molecular weight is 385 g/mol. The third kappa shape index (κ3) is 3.57. The normalized spacial score (nSPS) is 13.8. The maximum atomic E-state index is 6.13. The van der Waals surface area contributed by atoms with E-state index in [0.29, 0.717) is 22.8 Å². The van der Waals surface area contributed by atoms with Crippen LogP contribution in [0.1, 0.15) is 12.8 Å². The van der Waals surface area contributed by atoms with Gasteiger partial charge in [0.05, 0.1) is 19.7 Å². The van der Waals surface area contributed by atoms with E-state index in [0.717, 1.165) is 24.2 Å². The molecule has 2 heterocycles. The summed E-state index contributed by atoms with van der Waals surface area (Å²) in [7, 11) is 3.19. The Kier molecular flexibility index (Phi) is 4.90. The fourth-order valence-electron chi connectivity index (χ4n) is 3.39. The first-order valence-corrected chi connectivity index (χ1v) is 9.27. The minimum absolute atomic E-state index is 0.172. The third-order valence-corrected chi connectivity index (χ3v) is 4.94. The fourth-order valence-corrected chi connectivity index (χ4v) is 3.57. The Hall–Kier alpha value is -2.73. The monoisotopic (exact) mass is 384 g/mol. The molecule has 4 rings (SSSR count). The van der Waals surface area contributed by atoms with E-state index in [2.05, 4.69) is 44.5 Å². The molecule has 0 saturated carbocycles. The summed E-state index contributed by atoms with van der Waals surface area (Å²) in [6, 6.07) is 12.0. The van der Waals surface area contributed by atoms with Crippen molar-refractivity contribution in [1.29, 1.82) is 0 Å². The molecule has 27 heavy (non-hydrogen) atoms. The molecule has 1 fully saturated rings. The molecule has 0 unspecified atom stereocenters. The Balaban J connectivity index is 1.68. The number of nitrogens with zero attached hydrogens (tertiary/aromatic N) is 3. The maximum absolute atomic E-state index is 6.13. The number of aromatic nitrogens is 2. The van der Waals surface area contributed by atoms with E-state index in [-0.39, 0.29) is 5.28 Å². The quantitative estimate of drug-likeness (QED) is 0.646. The molecule has 0 atom stereocenters. The highest BCUT2D eigenvalue weighted by atomic mass is 35.5. The standard InChI is InChI=1S/C20H21ClN4O2/c1-26-17-11-15-16(12-18(17)27-2)23-20(21)24-19(15)22-13-5-7-14(8-6-13)25-9-3-4-10-25/h5-8,11-12H,3-4,9-10H2,1-2H3,(H,22,23,24). The zero-order valence-electron chi connectivity index (χ0n) is 15.3.